The SMILES string of the molecule is C1=C(n2c3ccccc3c3ccccc32)NC(n2c3ccccc3c3ccccc32)NC1n1c2ccccc2c2ccccc21. The highest BCUT2D eigenvalue weighted by molar-refractivity contribution is 6.11. The molecule has 0 radical (unpaired) electrons. The van der Waals surface area contributed by atoms with E-state index in [9.17, 15) is 0 Å². The third kappa shape index (κ3) is 3.47. The molecule has 0 spiro atoms. The quantitative estimate of drug-likeness (QED) is 0.219. The van der Waals surface area contributed by atoms with Crippen molar-refractivity contribution >= 4 is 71.2 Å². The van der Waals surface area contributed by atoms with Crippen LogP contribution in [-0.2, 0) is 0 Å². The number of benzene rings is 6. The van der Waals surface area contributed by atoms with E-state index in [0.29, 0.717) is 0 Å². The fourth-order valence-corrected chi connectivity index (χ4v) is 7.68. The van der Waals surface area contributed by atoms with E-state index in [2.05, 4.69) is 176 Å². The molecule has 0 amide bonds. The highest BCUT2D eigenvalue weighted by Crippen LogP contribution is 2.38. The van der Waals surface area contributed by atoms with Crippen LogP contribution in [0, 0.1) is 0 Å². The van der Waals surface area contributed by atoms with Gasteiger partial charge in [0, 0.05) is 32.3 Å². The summed E-state index contributed by atoms with van der Waals surface area (Å²) in [6, 6.07) is 52.4. The van der Waals surface area contributed by atoms with E-state index >= 15 is 0 Å². The van der Waals surface area contributed by atoms with Crippen molar-refractivity contribution in [3.63, 3.8) is 0 Å². The lowest BCUT2D eigenvalue weighted by Gasteiger charge is -2.36. The first-order valence-corrected chi connectivity index (χ1v) is 15.5. The van der Waals surface area contributed by atoms with Crippen molar-refractivity contribution in [2.24, 2.45) is 0 Å². The van der Waals surface area contributed by atoms with E-state index in [1.807, 2.05) is 0 Å². The predicted molar refractivity (Wildman–Crippen MR) is 187 cm³/mol. The first kappa shape index (κ1) is 24.6. The summed E-state index contributed by atoms with van der Waals surface area (Å²) in [7, 11) is 0. The maximum atomic E-state index is 4.04. The van der Waals surface area contributed by atoms with Gasteiger partial charge in [-0.25, -0.2) is 0 Å². The van der Waals surface area contributed by atoms with Gasteiger partial charge in [0.1, 0.15) is 12.0 Å². The summed E-state index contributed by atoms with van der Waals surface area (Å²) >= 11 is 0. The summed E-state index contributed by atoms with van der Waals surface area (Å²) in [5.41, 5.74) is 7.15. The number of para-hydroxylation sites is 6. The number of nitrogens with one attached hydrogen (secondary N) is 2. The molecule has 9 aromatic rings. The van der Waals surface area contributed by atoms with E-state index in [0.717, 1.165) is 5.82 Å². The average molecular weight is 580 g/mol. The van der Waals surface area contributed by atoms with Crippen LogP contribution in [0.15, 0.2) is 152 Å². The van der Waals surface area contributed by atoms with Crippen LogP contribution in [0.3, 0.4) is 0 Å². The molecule has 45 heavy (non-hydrogen) atoms. The minimum Gasteiger partial charge on any atom is -0.339 e. The van der Waals surface area contributed by atoms with Crippen LogP contribution < -0.4 is 10.6 Å². The lowest BCUT2D eigenvalue weighted by Crippen LogP contribution is -2.45. The van der Waals surface area contributed by atoms with Crippen molar-refractivity contribution in [1.82, 2.24) is 24.3 Å². The lowest BCUT2D eigenvalue weighted by atomic mass is 10.2. The first-order chi connectivity index (χ1) is 22.3. The van der Waals surface area contributed by atoms with Crippen molar-refractivity contribution in [3.05, 3.63) is 152 Å². The van der Waals surface area contributed by atoms with Crippen LogP contribution >= 0.6 is 0 Å². The zero-order valence-corrected chi connectivity index (χ0v) is 24.4. The Bertz CT molecular complexity index is 2470. The van der Waals surface area contributed by atoms with Gasteiger partial charge >= 0.3 is 0 Å². The van der Waals surface area contributed by atoms with E-state index in [1.54, 1.807) is 0 Å². The Labute approximate surface area is 259 Å². The number of hydrogen-bond donors (Lipinski definition) is 2. The molecule has 0 saturated heterocycles. The van der Waals surface area contributed by atoms with Gasteiger partial charge in [-0.1, -0.05) is 109 Å². The Hall–Kier alpha value is -5.78. The maximum Gasteiger partial charge on any atom is 0.162 e. The van der Waals surface area contributed by atoms with Gasteiger partial charge in [-0.05, 0) is 42.5 Å². The summed E-state index contributed by atoms with van der Waals surface area (Å²) in [6.45, 7) is 0. The van der Waals surface area contributed by atoms with Gasteiger partial charge in [-0.2, -0.15) is 0 Å². The minimum absolute atomic E-state index is 0.143. The molecular weight excluding hydrogens is 550 g/mol. The molecule has 1 aliphatic rings. The molecule has 2 unspecified atom stereocenters. The normalized spacial score (nSPS) is 17.1. The Morgan fingerprint density at radius 2 is 0.711 bits per heavy atom. The summed E-state index contributed by atoms with van der Waals surface area (Å²) in [5, 5.41) is 15.5. The molecule has 3 aromatic heterocycles. The molecule has 214 valence electrons. The topological polar surface area (TPSA) is 38.9 Å². The Morgan fingerprint density at radius 1 is 0.378 bits per heavy atom. The van der Waals surface area contributed by atoms with Crippen molar-refractivity contribution in [3.8, 4) is 0 Å². The van der Waals surface area contributed by atoms with Crippen molar-refractivity contribution in [2.75, 3.05) is 0 Å². The smallest absolute Gasteiger partial charge is 0.162 e. The van der Waals surface area contributed by atoms with Gasteiger partial charge < -0.3 is 14.5 Å². The largest absolute Gasteiger partial charge is 0.339 e. The highest BCUT2D eigenvalue weighted by Gasteiger charge is 2.29. The molecule has 4 heterocycles. The second kappa shape index (κ2) is 9.36. The van der Waals surface area contributed by atoms with Crippen LogP contribution in [0.5, 0.6) is 0 Å². The second-order valence-electron chi connectivity index (χ2n) is 11.9. The minimum atomic E-state index is -0.236. The van der Waals surface area contributed by atoms with Crippen LogP contribution in [0.2, 0.25) is 0 Å². The zero-order valence-electron chi connectivity index (χ0n) is 24.4. The molecule has 0 fully saturated rings. The first-order valence-electron chi connectivity index (χ1n) is 15.5. The molecular formula is C40H29N5. The number of fused-ring (bicyclic) bond motifs is 9. The van der Waals surface area contributed by atoms with Gasteiger partial charge in [0.05, 0.1) is 33.1 Å². The fourth-order valence-electron chi connectivity index (χ4n) is 7.68. The molecule has 5 nitrogen and oxygen atoms in total. The number of nitrogens with zero attached hydrogens (tertiary/aromatic N) is 3. The number of rotatable bonds is 3. The molecule has 0 bridgehead atoms. The summed E-state index contributed by atoms with van der Waals surface area (Å²) in [4.78, 5) is 0. The molecule has 5 heteroatoms. The highest BCUT2D eigenvalue weighted by atomic mass is 15.4. The van der Waals surface area contributed by atoms with Gasteiger partial charge in [0.25, 0.3) is 0 Å². The Balaban J connectivity index is 1.28. The van der Waals surface area contributed by atoms with Crippen molar-refractivity contribution in [2.45, 2.75) is 12.5 Å². The monoisotopic (exact) mass is 579 g/mol. The Kier molecular flexibility index (Phi) is 5.12. The molecule has 2 N–H and O–H groups in total. The van der Waals surface area contributed by atoms with E-state index < -0.39 is 0 Å². The fraction of sp³-hybridized carbons (Fsp3) is 0.0500. The van der Waals surface area contributed by atoms with Crippen LogP contribution in [0.1, 0.15) is 12.5 Å². The van der Waals surface area contributed by atoms with E-state index in [1.165, 1.54) is 65.4 Å². The van der Waals surface area contributed by atoms with E-state index in [-0.39, 0.29) is 12.5 Å². The molecule has 0 aliphatic carbocycles. The molecule has 10 rings (SSSR count). The Morgan fingerprint density at radius 3 is 1.13 bits per heavy atom. The summed E-state index contributed by atoms with van der Waals surface area (Å²) in [5.74, 6) is 1.05. The van der Waals surface area contributed by atoms with Crippen LogP contribution in [0.25, 0.3) is 71.2 Å². The van der Waals surface area contributed by atoms with Gasteiger partial charge in [-0.15, -0.1) is 0 Å². The van der Waals surface area contributed by atoms with Crippen molar-refractivity contribution in [1.29, 1.82) is 0 Å². The number of aromatic nitrogens is 3. The zero-order chi connectivity index (χ0) is 29.5. The standard InChI is InChI=1S/C40H29N5/c1-7-19-32-26(13-1)27-14-2-8-20-33(27)43(32)38-25-39(44-34-21-9-3-15-28(34)29-16-4-10-22-35(29)44)42-40(41-38)45-36-23-11-5-17-30(36)31-18-6-12-24-37(31)45/h1-25,38,40-42H. The van der Waals surface area contributed by atoms with Crippen LogP contribution in [-0.4, -0.2) is 13.7 Å². The third-order valence-electron chi connectivity index (χ3n) is 9.52. The summed E-state index contributed by atoms with van der Waals surface area (Å²) in [6.07, 6.45) is 1.97. The van der Waals surface area contributed by atoms with Gasteiger partial charge in [0.2, 0.25) is 0 Å². The van der Waals surface area contributed by atoms with E-state index in [4.69, 9.17) is 0 Å². The molecule has 1 aliphatic heterocycles. The molecule has 2 atom stereocenters. The van der Waals surface area contributed by atoms with Gasteiger partial charge in [-0.3, -0.25) is 9.88 Å². The maximum absolute atomic E-state index is 4.04. The lowest BCUT2D eigenvalue weighted by molar-refractivity contribution is 0.307. The molecule has 6 aromatic carbocycles. The number of hydrogen-bond acceptors (Lipinski definition) is 2. The third-order valence-corrected chi connectivity index (χ3v) is 9.52. The molecule has 0 saturated carbocycles. The van der Waals surface area contributed by atoms with Gasteiger partial charge in [0.15, 0.2) is 6.29 Å². The summed E-state index contributed by atoms with van der Waals surface area (Å²) < 4.78 is 7.28. The average Bonchev–Trinajstić information content (AvgIpc) is 3.74. The predicted octanol–water partition coefficient (Wildman–Crippen LogP) is 9.36. The van der Waals surface area contributed by atoms with Crippen molar-refractivity contribution < 1.29 is 0 Å². The second-order valence-corrected chi connectivity index (χ2v) is 11.9. The van der Waals surface area contributed by atoms with Crippen LogP contribution in [0.4, 0.5) is 0 Å².